The Morgan fingerprint density at radius 1 is 1.14 bits per heavy atom. The first-order chi connectivity index (χ1) is 10.1. The summed E-state index contributed by atoms with van der Waals surface area (Å²) >= 11 is 0. The number of pyridine rings is 1. The van der Waals surface area contributed by atoms with Crippen LogP contribution in [0.25, 0.3) is 10.8 Å². The summed E-state index contributed by atoms with van der Waals surface area (Å²) in [7, 11) is 0. The summed E-state index contributed by atoms with van der Waals surface area (Å²) in [5.41, 5.74) is 7.90. The van der Waals surface area contributed by atoms with E-state index in [1.807, 2.05) is 12.4 Å². The molecule has 0 amide bonds. The van der Waals surface area contributed by atoms with Crippen LogP contribution >= 0.6 is 0 Å². The Balaban J connectivity index is 1.97. The molecule has 0 spiro atoms. The van der Waals surface area contributed by atoms with Crippen LogP contribution in [0.3, 0.4) is 0 Å². The van der Waals surface area contributed by atoms with Crippen molar-refractivity contribution in [3.05, 3.63) is 42.2 Å². The Morgan fingerprint density at radius 2 is 1.95 bits per heavy atom. The minimum atomic E-state index is -0.211. The summed E-state index contributed by atoms with van der Waals surface area (Å²) in [5.74, 6) is 1.58. The number of aromatic nitrogens is 1. The van der Waals surface area contributed by atoms with Gasteiger partial charge in [-0.3, -0.25) is 4.98 Å². The monoisotopic (exact) mass is 282 g/mol. The summed E-state index contributed by atoms with van der Waals surface area (Å²) in [4.78, 5) is 4.44. The molecule has 21 heavy (non-hydrogen) atoms. The van der Waals surface area contributed by atoms with E-state index in [0.29, 0.717) is 0 Å². The molecule has 0 aliphatic heterocycles. The van der Waals surface area contributed by atoms with Crippen LogP contribution < -0.4 is 5.73 Å². The highest BCUT2D eigenvalue weighted by Crippen LogP contribution is 2.40. The molecule has 2 unspecified atom stereocenters. The molecule has 112 valence electrons. The summed E-state index contributed by atoms with van der Waals surface area (Å²) in [6.45, 7) is 4.68. The minimum Gasteiger partial charge on any atom is -0.321 e. The lowest BCUT2D eigenvalue weighted by molar-refractivity contribution is 0.326. The number of fused-ring (bicyclic) bond motifs is 1. The number of benzene rings is 1. The first kappa shape index (κ1) is 14.5. The van der Waals surface area contributed by atoms with Gasteiger partial charge in [0.2, 0.25) is 0 Å². The molecule has 1 aliphatic carbocycles. The van der Waals surface area contributed by atoms with Crippen molar-refractivity contribution in [2.45, 2.75) is 51.5 Å². The SMILES string of the molecule is CC(C)C1CCCC(N)(c2cncc3ccccc23)CC1. The maximum Gasteiger partial charge on any atom is 0.0431 e. The number of hydrogen-bond acceptors (Lipinski definition) is 2. The highest BCUT2D eigenvalue weighted by molar-refractivity contribution is 5.85. The van der Waals surface area contributed by atoms with Crippen LogP contribution in [0, 0.1) is 11.8 Å². The first-order valence-corrected chi connectivity index (χ1v) is 8.22. The van der Waals surface area contributed by atoms with Crippen LogP contribution in [0.4, 0.5) is 0 Å². The molecule has 0 radical (unpaired) electrons. The van der Waals surface area contributed by atoms with Crippen molar-refractivity contribution in [3.63, 3.8) is 0 Å². The number of nitrogens with zero attached hydrogens (tertiary/aromatic N) is 1. The van der Waals surface area contributed by atoms with Gasteiger partial charge in [-0.15, -0.1) is 0 Å². The number of rotatable bonds is 2. The fraction of sp³-hybridized carbons (Fsp3) is 0.526. The molecule has 1 aliphatic rings. The van der Waals surface area contributed by atoms with Crippen LogP contribution in [-0.2, 0) is 5.54 Å². The predicted molar refractivity (Wildman–Crippen MR) is 89.0 cm³/mol. The quantitative estimate of drug-likeness (QED) is 0.816. The average Bonchev–Trinajstić information content (AvgIpc) is 2.69. The van der Waals surface area contributed by atoms with Gasteiger partial charge in [0.05, 0.1) is 0 Å². The lowest BCUT2D eigenvalue weighted by Gasteiger charge is -2.30. The molecule has 0 saturated heterocycles. The van der Waals surface area contributed by atoms with E-state index >= 15 is 0 Å². The third-order valence-corrected chi connectivity index (χ3v) is 5.31. The fourth-order valence-electron chi connectivity index (χ4n) is 3.84. The summed E-state index contributed by atoms with van der Waals surface area (Å²) in [6, 6.07) is 8.48. The van der Waals surface area contributed by atoms with E-state index in [4.69, 9.17) is 5.73 Å². The molecule has 3 rings (SSSR count). The van der Waals surface area contributed by atoms with Crippen LogP contribution in [0.2, 0.25) is 0 Å². The third kappa shape index (κ3) is 2.82. The fourth-order valence-corrected chi connectivity index (χ4v) is 3.84. The molecule has 2 N–H and O–H groups in total. The molecule has 1 aromatic carbocycles. The van der Waals surface area contributed by atoms with E-state index in [1.54, 1.807) is 0 Å². The average molecular weight is 282 g/mol. The van der Waals surface area contributed by atoms with E-state index in [9.17, 15) is 0 Å². The van der Waals surface area contributed by atoms with Gasteiger partial charge in [-0.1, -0.05) is 51.0 Å². The Kier molecular flexibility index (Phi) is 3.99. The zero-order chi connectivity index (χ0) is 14.9. The molecule has 0 bridgehead atoms. The van der Waals surface area contributed by atoms with E-state index in [2.05, 4.69) is 43.1 Å². The van der Waals surface area contributed by atoms with Gasteiger partial charge in [0, 0.05) is 23.3 Å². The first-order valence-electron chi connectivity index (χ1n) is 8.22. The number of nitrogens with two attached hydrogens (primary N) is 1. The second-order valence-electron chi connectivity index (χ2n) is 7.00. The normalized spacial score (nSPS) is 27.0. The second-order valence-corrected chi connectivity index (χ2v) is 7.00. The van der Waals surface area contributed by atoms with Crippen molar-refractivity contribution in [2.24, 2.45) is 17.6 Å². The molecule has 1 saturated carbocycles. The van der Waals surface area contributed by atoms with Crippen molar-refractivity contribution >= 4 is 10.8 Å². The zero-order valence-corrected chi connectivity index (χ0v) is 13.2. The lowest BCUT2D eigenvalue weighted by Crippen LogP contribution is -2.36. The predicted octanol–water partition coefficient (Wildman–Crippen LogP) is 4.63. The molecule has 1 fully saturated rings. The van der Waals surface area contributed by atoms with Gasteiger partial charge in [0.15, 0.2) is 0 Å². The van der Waals surface area contributed by atoms with Gasteiger partial charge >= 0.3 is 0 Å². The second kappa shape index (κ2) is 5.76. The molecule has 2 heteroatoms. The maximum absolute atomic E-state index is 6.87. The van der Waals surface area contributed by atoms with Gasteiger partial charge in [-0.25, -0.2) is 0 Å². The number of hydrogen-bond donors (Lipinski definition) is 1. The molecular formula is C19H26N2. The van der Waals surface area contributed by atoms with E-state index in [0.717, 1.165) is 24.7 Å². The maximum atomic E-state index is 6.87. The van der Waals surface area contributed by atoms with Gasteiger partial charge in [-0.05, 0) is 42.0 Å². The summed E-state index contributed by atoms with van der Waals surface area (Å²) < 4.78 is 0. The van der Waals surface area contributed by atoms with E-state index in [1.165, 1.54) is 35.6 Å². The van der Waals surface area contributed by atoms with Gasteiger partial charge in [-0.2, -0.15) is 0 Å². The zero-order valence-electron chi connectivity index (χ0n) is 13.2. The topological polar surface area (TPSA) is 38.9 Å². The lowest BCUT2D eigenvalue weighted by atomic mass is 9.81. The molecule has 1 aromatic heterocycles. The largest absolute Gasteiger partial charge is 0.321 e. The third-order valence-electron chi connectivity index (χ3n) is 5.31. The summed E-state index contributed by atoms with van der Waals surface area (Å²) in [5, 5.41) is 2.47. The minimum absolute atomic E-state index is 0.211. The van der Waals surface area contributed by atoms with Crippen molar-refractivity contribution in [1.29, 1.82) is 0 Å². The Labute approximate surface area is 127 Å². The smallest absolute Gasteiger partial charge is 0.0431 e. The van der Waals surface area contributed by atoms with Crippen molar-refractivity contribution in [1.82, 2.24) is 4.98 Å². The Hall–Kier alpha value is -1.41. The Morgan fingerprint density at radius 3 is 2.76 bits per heavy atom. The van der Waals surface area contributed by atoms with Crippen molar-refractivity contribution < 1.29 is 0 Å². The molecule has 2 nitrogen and oxygen atoms in total. The van der Waals surface area contributed by atoms with Gasteiger partial charge in [0.1, 0.15) is 0 Å². The van der Waals surface area contributed by atoms with Crippen LogP contribution in [0.5, 0.6) is 0 Å². The molecular weight excluding hydrogens is 256 g/mol. The van der Waals surface area contributed by atoms with Crippen LogP contribution in [0.15, 0.2) is 36.7 Å². The van der Waals surface area contributed by atoms with Crippen molar-refractivity contribution in [2.75, 3.05) is 0 Å². The molecule has 2 atom stereocenters. The van der Waals surface area contributed by atoms with Crippen LogP contribution in [0.1, 0.15) is 51.5 Å². The summed E-state index contributed by atoms with van der Waals surface area (Å²) in [6.07, 6.45) is 9.86. The van der Waals surface area contributed by atoms with Gasteiger partial charge < -0.3 is 5.73 Å². The van der Waals surface area contributed by atoms with Gasteiger partial charge in [0.25, 0.3) is 0 Å². The molecule has 2 aromatic rings. The molecule has 1 heterocycles. The highest BCUT2D eigenvalue weighted by Gasteiger charge is 2.33. The van der Waals surface area contributed by atoms with Crippen molar-refractivity contribution in [3.8, 4) is 0 Å². The van der Waals surface area contributed by atoms with E-state index < -0.39 is 0 Å². The Bertz CT molecular complexity index is 614. The highest BCUT2D eigenvalue weighted by atomic mass is 14.8. The standard InChI is InChI=1S/C19H26N2/c1-14(2)15-7-5-10-19(20,11-9-15)18-13-21-12-16-6-3-4-8-17(16)18/h3-4,6,8,12-15H,5,7,9-11,20H2,1-2H3. The van der Waals surface area contributed by atoms with Crippen LogP contribution in [-0.4, -0.2) is 4.98 Å². The van der Waals surface area contributed by atoms with E-state index in [-0.39, 0.29) is 5.54 Å².